The fourth-order valence-corrected chi connectivity index (χ4v) is 3.43. The Kier molecular flexibility index (Phi) is 3.10. The largest absolute Gasteiger partial charge is 0.390 e. The number of anilines is 1. The van der Waals surface area contributed by atoms with Crippen LogP contribution in [0.1, 0.15) is 60.2 Å². The number of carbonyl (C=O) groups excluding carboxylic acids is 1. The third-order valence-electron chi connectivity index (χ3n) is 3.17. The van der Waals surface area contributed by atoms with Gasteiger partial charge in [0.1, 0.15) is 0 Å². The minimum atomic E-state index is 0.0887. The maximum Gasteiger partial charge on any atom is 0.162 e. The lowest BCUT2D eigenvalue weighted by Crippen LogP contribution is -2.02. The highest BCUT2D eigenvalue weighted by Crippen LogP contribution is 2.38. The van der Waals surface area contributed by atoms with Gasteiger partial charge in [-0.25, -0.2) is 0 Å². The zero-order chi connectivity index (χ0) is 10.8. The predicted molar refractivity (Wildman–Crippen MR) is 64.6 cm³/mol. The van der Waals surface area contributed by atoms with Crippen molar-refractivity contribution in [1.82, 2.24) is 0 Å². The summed E-state index contributed by atoms with van der Waals surface area (Å²) in [5.41, 5.74) is 6.57. The van der Waals surface area contributed by atoms with E-state index >= 15 is 0 Å². The molecule has 0 amide bonds. The summed E-state index contributed by atoms with van der Waals surface area (Å²) >= 11 is 1.61. The highest BCUT2D eigenvalue weighted by Gasteiger charge is 2.19. The maximum absolute atomic E-state index is 11.3. The van der Waals surface area contributed by atoms with Crippen molar-refractivity contribution in [2.45, 2.75) is 44.9 Å². The highest BCUT2D eigenvalue weighted by molar-refractivity contribution is 7.16. The van der Waals surface area contributed by atoms with Crippen LogP contribution >= 0.6 is 11.3 Å². The SMILES string of the molecule is CC(=O)c1cc(C2CCCCC2)sc1N. The third kappa shape index (κ3) is 2.23. The molecule has 0 spiro atoms. The Labute approximate surface area is 94.5 Å². The summed E-state index contributed by atoms with van der Waals surface area (Å²) in [6, 6.07) is 2.01. The van der Waals surface area contributed by atoms with Gasteiger partial charge in [0.05, 0.1) is 10.6 Å². The molecule has 3 heteroatoms. The quantitative estimate of drug-likeness (QED) is 0.779. The summed E-state index contributed by atoms with van der Waals surface area (Å²) in [7, 11) is 0. The fraction of sp³-hybridized carbons (Fsp3) is 0.583. The number of hydrogen-bond donors (Lipinski definition) is 1. The molecule has 82 valence electrons. The lowest BCUT2D eigenvalue weighted by Gasteiger charge is -2.19. The van der Waals surface area contributed by atoms with Gasteiger partial charge in [-0.15, -0.1) is 11.3 Å². The zero-order valence-electron chi connectivity index (χ0n) is 9.08. The van der Waals surface area contributed by atoms with Crippen molar-refractivity contribution in [1.29, 1.82) is 0 Å². The average Bonchev–Trinajstić information content (AvgIpc) is 2.62. The fourth-order valence-electron chi connectivity index (χ4n) is 2.29. The first-order valence-electron chi connectivity index (χ1n) is 5.58. The molecule has 0 aromatic carbocycles. The van der Waals surface area contributed by atoms with Gasteiger partial charge in [0.15, 0.2) is 5.78 Å². The summed E-state index contributed by atoms with van der Waals surface area (Å²) < 4.78 is 0. The molecule has 0 atom stereocenters. The van der Waals surface area contributed by atoms with E-state index in [2.05, 4.69) is 0 Å². The summed E-state index contributed by atoms with van der Waals surface area (Å²) in [6.45, 7) is 1.59. The second-order valence-electron chi connectivity index (χ2n) is 4.32. The van der Waals surface area contributed by atoms with E-state index in [0.717, 1.165) is 5.56 Å². The monoisotopic (exact) mass is 223 g/mol. The summed E-state index contributed by atoms with van der Waals surface area (Å²) in [5, 5.41) is 0.697. The molecule has 1 aliphatic rings. The molecule has 1 aromatic heterocycles. The molecule has 0 bridgehead atoms. The highest BCUT2D eigenvalue weighted by atomic mass is 32.1. The van der Waals surface area contributed by atoms with Gasteiger partial charge in [0.2, 0.25) is 0 Å². The number of rotatable bonds is 2. The number of hydrogen-bond acceptors (Lipinski definition) is 3. The molecule has 2 N–H and O–H groups in total. The predicted octanol–water partition coefficient (Wildman–Crippen LogP) is 3.58. The molecule has 1 saturated carbocycles. The Bertz CT molecular complexity index is 364. The van der Waals surface area contributed by atoms with Crippen LogP contribution in [0.15, 0.2) is 6.07 Å². The van der Waals surface area contributed by atoms with Crippen LogP contribution in [0, 0.1) is 0 Å². The van der Waals surface area contributed by atoms with Crippen LogP contribution in [-0.4, -0.2) is 5.78 Å². The van der Waals surface area contributed by atoms with Gasteiger partial charge in [-0.05, 0) is 31.7 Å². The second kappa shape index (κ2) is 4.35. The summed E-state index contributed by atoms with van der Waals surface area (Å²) in [5.74, 6) is 0.741. The molecule has 0 radical (unpaired) electrons. The molecule has 15 heavy (non-hydrogen) atoms. The summed E-state index contributed by atoms with van der Waals surface area (Å²) in [4.78, 5) is 12.6. The smallest absolute Gasteiger partial charge is 0.162 e. The number of thiophene rings is 1. The first kappa shape index (κ1) is 10.7. The van der Waals surface area contributed by atoms with Crippen molar-refractivity contribution in [3.05, 3.63) is 16.5 Å². The van der Waals surface area contributed by atoms with Gasteiger partial charge >= 0.3 is 0 Å². The Morgan fingerprint density at radius 2 is 2.07 bits per heavy atom. The minimum absolute atomic E-state index is 0.0887. The van der Waals surface area contributed by atoms with Crippen molar-refractivity contribution in [2.75, 3.05) is 5.73 Å². The van der Waals surface area contributed by atoms with E-state index in [0.29, 0.717) is 10.9 Å². The van der Waals surface area contributed by atoms with E-state index in [1.807, 2.05) is 6.07 Å². The topological polar surface area (TPSA) is 43.1 Å². The first-order valence-corrected chi connectivity index (χ1v) is 6.40. The molecule has 1 heterocycles. The molecule has 2 rings (SSSR count). The van der Waals surface area contributed by atoms with Crippen molar-refractivity contribution in [3.8, 4) is 0 Å². The number of carbonyl (C=O) groups is 1. The Morgan fingerprint density at radius 1 is 1.40 bits per heavy atom. The van der Waals surface area contributed by atoms with Crippen LogP contribution in [0.25, 0.3) is 0 Å². The Morgan fingerprint density at radius 3 is 2.60 bits per heavy atom. The molecule has 1 fully saturated rings. The van der Waals surface area contributed by atoms with Crippen molar-refractivity contribution >= 4 is 22.1 Å². The molecular formula is C12H17NOS. The number of nitrogens with two attached hydrogens (primary N) is 1. The zero-order valence-corrected chi connectivity index (χ0v) is 9.90. The van der Waals surface area contributed by atoms with E-state index in [4.69, 9.17) is 5.73 Å². The van der Waals surface area contributed by atoms with E-state index in [1.54, 1.807) is 18.3 Å². The van der Waals surface area contributed by atoms with E-state index in [-0.39, 0.29) is 5.78 Å². The van der Waals surface area contributed by atoms with Crippen LogP contribution < -0.4 is 5.73 Å². The lowest BCUT2D eigenvalue weighted by atomic mass is 9.88. The molecule has 2 nitrogen and oxygen atoms in total. The molecular weight excluding hydrogens is 206 g/mol. The van der Waals surface area contributed by atoms with Gasteiger partial charge in [-0.3, -0.25) is 4.79 Å². The normalized spacial score (nSPS) is 17.9. The van der Waals surface area contributed by atoms with Crippen LogP contribution in [0.4, 0.5) is 5.00 Å². The maximum atomic E-state index is 11.3. The van der Waals surface area contributed by atoms with Crippen LogP contribution in [0.2, 0.25) is 0 Å². The Hall–Kier alpha value is -0.830. The number of nitrogen functional groups attached to an aromatic ring is 1. The van der Waals surface area contributed by atoms with Gasteiger partial charge in [0, 0.05) is 4.88 Å². The van der Waals surface area contributed by atoms with Crippen LogP contribution in [-0.2, 0) is 0 Å². The minimum Gasteiger partial charge on any atom is -0.390 e. The Balaban J connectivity index is 2.21. The van der Waals surface area contributed by atoms with E-state index in [1.165, 1.54) is 37.0 Å². The third-order valence-corrected chi connectivity index (χ3v) is 4.29. The summed E-state index contributed by atoms with van der Waals surface area (Å²) in [6.07, 6.45) is 6.52. The van der Waals surface area contributed by atoms with Crippen molar-refractivity contribution in [2.24, 2.45) is 0 Å². The van der Waals surface area contributed by atoms with Gasteiger partial charge < -0.3 is 5.73 Å². The van der Waals surface area contributed by atoms with Gasteiger partial charge in [-0.2, -0.15) is 0 Å². The van der Waals surface area contributed by atoms with Crippen LogP contribution in [0.3, 0.4) is 0 Å². The second-order valence-corrected chi connectivity index (χ2v) is 5.43. The van der Waals surface area contributed by atoms with Gasteiger partial charge in [-0.1, -0.05) is 19.3 Å². The molecule has 0 unspecified atom stereocenters. The molecule has 1 aliphatic carbocycles. The van der Waals surface area contributed by atoms with E-state index in [9.17, 15) is 4.79 Å². The van der Waals surface area contributed by atoms with E-state index < -0.39 is 0 Å². The molecule has 1 aromatic rings. The van der Waals surface area contributed by atoms with Crippen molar-refractivity contribution in [3.63, 3.8) is 0 Å². The first-order chi connectivity index (χ1) is 7.18. The van der Waals surface area contributed by atoms with Crippen molar-refractivity contribution < 1.29 is 4.79 Å². The standard InChI is InChI=1S/C12H17NOS/c1-8(14)10-7-11(15-12(10)13)9-5-3-2-4-6-9/h7,9H,2-6,13H2,1H3. The van der Waals surface area contributed by atoms with Gasteiger partial charge in [0.25, 0.3) is 0 Å². The van der Waals surface area contributed by atoms with Crippen LogP contribution in [0.5, 0.6) is 0 Å². The lowest BCUT2D eigenvalue weighted by molar-refractivity contribution is 0.101. The number of Topliss-reactive ketones (excluding diaryl/α,β-unsaturated/α-hetero) is 1. The molecule has 0 saturated heterocycles. The molecule has 0 aliphatic heterocycles. The number of ketones is 1. The average molecular weight is 223 g/mol.